The van der Waals surface area contributed by atoms with Crippen molar-refractivity contribution in [3.05, 3.63) is 23.8 Å². The largest absolute Gasteiger partial charge is 0.493 e. The molecule has 5 nitrogen and oxygen atoms in total. The van der Waals surface area contributed by atoms with Crippen LogP contribution in [0.25, 0.3) is 0 Å². The van der Waals surface area contributed by atoms with Crippen LogP contribution in [0.3, 0.4) is 0 Å². The second-order valence-electron chi connectivity index (χ2n) is 4.54. The Morgan fingerprint density at radius 2 is 2.05 bits per heavy atom. The van der Waals surface area contributed by atoms with Gasteiger partial charge in [0.05, 0.1) is 26.9 Å². The Labute approximate surface area is 113 Å². The van der Waals surface area contributed by atoms with Gasteiger partial charge in [-0.3, -0.25) is 0 Å². The average Bonchev–Trinajstić information content (AvgIpc) is 2.46. The van der Waals surface area contributed by atoms with Gasteiger partial charge in [0.2, 0.25) is 0 Å². The zero-order valence-electron chi connectivity index (χ0n) is 11.3. The Balaban J connectivity index is 2.06. The topological polar surface area (TPSA) is 62.9 Å². The fourth-order valence-electron chi connectivity index (χ4n) is 2.12. The van der Waals surface area contributed by atoms with Crippen molar-refractivity contribution < 1.29 is 19.0 Å². The molecule has 19 heavy (non-hydrogen) atoms. The van der Waals surface area contributed by atoms with Crippen LogP contribution in [0, 0.1) is 0 Å². The molecule has 2 rings (SSSR count). The first kappa shape index (κ1) is 14.1. The summed E-state index contributed by atoms with van der Waals surface area (Å²) in [5.74, 6) is 6.59. The quantitative estimate of drug-likeness (QED) is 0.795. The fourth-order valence-corrected chi connectivity index (χ4v) is 2.12. The summed E-state index contributed by atoms with van der Waals surface area (Å²) >= 11 is 0. The van der Waals surface area contributed by atoms with Crippen molar-refractivity contribution >= 4 is 0 Å². The van der Waals surface area contributed by atoms with E-state index in [0.717, 1.165) is 49.5 Å². The molecule has 1 aromatic carbocycles. The normalized spacial score (nSPS) is 16.3. The van der Waals surface area contributed by atoms with Gasteiger partial charge in [0, 0.05) is 12.8 Å². The van der Waals surface area contributed by atoms with Crippen LogP contribution in [0.15, 0.2) is 18.2 Å². The van der Waals surface area contributed by atoms with Crippen molar-refractivity contribution in [1.82, 2.24) is 0 Å². The third-order valence-corrected chi connectivity index (χ3v) is 3.20. The van der Waals surface area contributed by atoms with E-state index in [1.165, 1.54) is 0 Å². The summed E-state index contributed by atoms with van der Waals surface area (Å²) in [6, 6.07) is 5.91. The standard InChI is InChI=1S/C14H21NO4/c1-16-13-3-2-11(4-9-18-15)10-14(13)19-12-5-7-17-8-6-12/h2-3,10,12H,4-9,15H2,1H3. The highest BCUT2D eigenvalue weighted by Gasteiger charge is 2.17. The van der Waals surface area contributed by atoms with E-state index in [9.17, 15) is 0 Å². The van der Waals surface area contributed by atoms with E-state index in [-0.39, 0.29) is 6.10 Å². The van der Waals surface area contributed by atoms with E-state index >= 15 is 0 Å². The number of benzene rings is 1. The minimum atomic E-state index is 0.198. The lowest BCUT2D eigenvalue weighted by Crippen LogP contribution is -2.26. The maximum atomic E-state index is 6.02. The molecule has 0 saturated carbocycles. The number of rotatable bonds is 6. The van der Waals surface area contributed by atoms with Crippen molar-refractivity contribution in [3.63, 3.8) is 0 Å². The van der Waals surface area contributed by atoms with Crippen LogP contribution in [-0.4, -0.2) is 33.0 Å². The first-order valence-corrected chi connectivity index (χ1v) is 6.56. The lowest BCUT2D eigenvalue weighted by atomic mass is 10.1. The van der Waals surface area contributed by atoms with Crippen molar-refractivity contribution in [2.75, 3.05) is 26.9 Å². The summed E-state index contributed by atoms with van der Waals surface area (Å²) in [6.45, 7) is 2.00. The third-order valence-electron chi connectivity index (χ3n) is 3.20. The molecule has 0 radical (unpaired) electrons. The molecule has 5 heteroatoms. The van der Waals surface area contributed by atoms with Gasteiger partial charge in [0.25, 0.3) is 0 Å². The van der Waals surface area contributed by atoms with Crippen LogP contribution in [0.2, 0.25) is 0 Å². The molecule has 1 heterocycles. The van der Waals surface area contributed by atoms with Crippen molar-refractivity contribution in [1.29, 1.82) is 0 Å². The Hall–Kier alpha value is -1.30. The molecule has 0 amide bonds. The van der Waals surface area contributed by atoms with E-state index in [1.54, 1.807) is 7.11 Å². The van der Waals surface area contributed by atoms with Gasteiger partial charge in [0.15, 0.2) is 11.5 Å². The Morgan fingerprint density at radius 1 is 1.26 bits per heavy atom. The van der Waals surface area contributed by atoms with Crippen molar-refractivity contribution in [2.45, 2.75) is 25.4 Å². The molecular formula is C14H21NO4. The van der Waals surface area contributed by atoms with Gasteiger partial charge in [-0.05, 0) is 24.1 Å². The monoisotopic (exact) mass is 267 g/mol. The highest BCUT2D eigenvalue weighted by atomic mass is 16.6. The first-order valence-electron chi connectivity index (χ1n) is 6.56. The number of methoxy groups -OCH3 is 1. The van der Waals surface area contributed by atoms with Gasteiger partial charge in [-0.15, -0.1) is 0 Å². The Kier molecular flexibility index (Phi) is 5.44. The predicted molar refractivity (Wildman–Crippen MR) is 71.3 cm³/mol. The van der Waals surface area contributed by atoms with Crippen LogP contribution in [-0.2, 0) is 16.0 Å². The van der Waals surface area contributed by atoms with Crippen molar-refractivity contribution in [3.8, 4) is 11.5 Å². The van der Waals surface area contributed by atoms with Crippen LogP contribution >= 0.6 is 0 Å². The average molecular weight is 267 g/mol. The predicted octanol–water partition coefficient (Wildman–Crippen LogP) is 1.69. The summed E-state index contributed by atoms with van der Waals surface area (Å²) in [4.78, 5) is 4.60. The second-order valence-corrected chi connectivity index (χ2v) is 4.54. The number of hydrogen-bond acceptors (Lipinski definition) is 5. The molecule has 0 spiro atoms. The maximum absolute atomic E-state index is 6.02. The lowest BCUT2D eigenvalue weighted by molar-refractivity contribution is 0.0245. The Bertz CT molecular complexity index is 391. The maximum Gasteiger partial charge on any atom is 0.161 e. The van der Waals surface area contributed by atoms with Crippen LogP contribution < -0.4 is 15.4 Å². The fraction of sp³-hybridized carbons (Fsp3) is 0.571. The molecule has 0 unspecified atom stereocenters. The minimum absolute atomic E-state index is 0.198. The molecular weight excluding hydrogens is 246 g/mol. The van der Waals surface area contributed by atoms with Gasteiger partial charge in [-0.1, -0.05) is 6.07 Å². The first-order chi connectivity index (χ1) is 9.33. The SMILES string of the molecule is COc1ccc(CCON)cc1OC1CCOCC1. The van der Waals surface area contributed by atoms with Gasteiger partial charge < -0.3 is 19.0 Å². The zero-order chi connectivity index (χ0) is 13.5. The molecule has 0 aliphatic carbocycles. The van der Waals surface area contributed by atoms with E-state index in [1.807, 2.05) is 18.2 Å². The Morgan fingerprint density at radius 3 is 2.74 bits per heavy atom. The number of hydrogen-bond donors (Lipinski definition) is 1. The lowest BCUT2D eigenvalue weighted by Gasteiger charge is -2.24. The van der Waals surface area contributed by atoms with E-state index in [0.29, 0.717) is 6.61 Å². The molecule has 1 aromatic rings. The van der Waals surface area contributed by atoms with Gasteiger partial charge in [-0.2, -0.15) is 0 Å². The van der Waals surface area contributed by atoms with E-state index in [2.05, 4.69) is 4.84 Å². The van der Waals surface area contributed by atoms with Crippen molar-refractivity contribution in [2.24, 2.45) is 5.90 Å². The number of ether oxygens (including phenoxy) is 3. The smallest absolute Gasteiger partial charge is 0.161 e. The van der Waals surface area contributed by atoms with Gasteiger partial charge in [0.1, 0.15) is 6.10 Å². The summed E-state index contributed by atoms with van der Waals surface area (Å²) < 4.78 is 16.7. The van der Waals surface area contributed by atoms with Gasteiger partial charge in [-0.25, -0.2) is 5.90 Å². The van der Waals surface area contributed by atoms with E-state index < -0.39 is 0 Å². The molecule has 1 fully saturated rings. The summed E-state index contributed by atoms with van der Waals surface area (Å²) in [7, 11) is 1.65. The molecule has 0 bridgehead atoms. The number of nitrogens with two attached hydrogens (primary N) is 1. The molecule has 1 aliphatic rings. The van der Waals surface area contributed by atoms with Crippen LogP contribution in [0.4, 0.5) is 0 Å². The third kappa shape index (κ3) is 4.09. The second kappa shape index (κ2) is 7.33. The van der Waals surface area contributed by atoms with E-state index in [4.69, 9.17) is 20.1 Å². The molecule has 2 N–H and O–H groups in total. The summed E-state index contributed by atoms with van der Waals surface area (Å²) in [5.41, 5.74) is 1.12. The molecule has 1 saturated heterocycles. The molecule has 1 aliphatic heterocycles. The highest BCUT2D eigenvalue weighted by Crippen LogP contribution is 2.30. The summed E-state index contributed by atoms with van der Waals surface area (Å²) in [5, 5.41) is 0. The summed E-state index contributed by atoms with van der Waals surface area (Å²) in [6.07, 6.45) is 2.78. The highest BCUT2D eigenvalue weighted by molar-refractivity contribution is 5.43. The molecule has 106 valence electrons. The van der Waals surface area contributed by atoms with Crippen LogP contribution in [0.1, 0.15) is 18.4 Å². The molecule has 0 aromatic heterocycles. The zero-order valence-corrected chi connectivity index (χ0v) is 11.3. The van der Waals surface area contributed by atoms with Crippen LogP contribution in [0.5, 0.6) is 11.5 Å². The van der Waals surface area contributed by atoms with Gasteiger partial charge >= 0.3 is 0 Å². The molecule has 0 atom stereocenters. The minimum Gasteiger partial charge on any atom is -0.493 e.